The first-order valence-corrected chi connectivity index (χ1v) is 13.0. The summed E-state index contributed by atoms with van der Waals surface area (Å²) >= 11 is 6.93. The molecule has 0 saturated carbocycles. The number of rotatable bonds is 4. The zero-order chi connectivity index (χ0) is 23.2. The second-order valence-corrected chi connectivity index (χ2v) is 11.2. The number of aromatic nitrogens is 1. The van der Waals surface area contributed by atoms with Gasteiger partial charge in [0.1, 0.15) is 22.3 Å². The first-order chi connectivity index (χ1) is 15.1. The van der Waals surface area contributed by atoms with Gasteiger partial charge < -0.3 is 4.90 Å². The van der Waals surface area contributed by atoms with Crippen LogP contribution >= 0.6 is 43.2 Å². The number of hydrogen-bond donors (Lipinski definition) is 0. The van der Waals surface area contributed by atoms with E-state index < -0.39 is 42.7 Å². The zero-order valence-electron chi connectivity index (χ0n) is 16.0. The third kappa shape index (κ3) is 4.45. The molecule has 1 aromatic heterocycles. The Morgan fingerprint density at radius 3 is 2.19 bits per heavy atom. The van der Waals surface area contributed by atoms with Gasteiger partial charge in [-0.3, -0.25) is 0 Å². The van der Waals surface area contributed by atoms with Gasteiger partial charge in [0.2, 0.25) is 10.0 Å². The lowest BCUT2D eigenvalue weighted by molar-refractivity contribution is 0.381. The van der Waals surface area contributed by atoms with Gasteiger partial charge in [-0.05, 0) is 50.1 Å². The van der Waals surface area contributed by atoms with Crippen LogP contribution in [0.15, 0.2) is 43.5 Å². The van der Waals surface area contributed by atoms with Crippen molar-refractivity contribution in [1.29, 1.82) is 0 Å². The molecule has 32 heavy (non-hydrogen) atoms. The lowest BCUT2D eigenvalue weighted by Crippen LogP contribution is -2.48. The fraction of sp³-hybridized carbons (Fsp3) is 0.211. The largest absolute Gasteiger partial charge is 0.345 e. The molecule has 1 aliphatic heterocycles. The van der Waals surface area contributed by atoms with Gasteiger partial charge >= 0.3 is 0 Å². The fourth-order valence-corrected chi connectivity index (χ4v) is 7.15. The molecule has 0 amide bonds. The lowest BCUT2D eigenvalue weighted by atomic mass is 10.1. The van der Waals surface area contributed by atoms with Gasteiger partial charge in [-0.15, -0.1) is 11.3 Å². The molecule has 0 spiro atoms. The Labute approximate surface area is 202 Å². The summed E-state index contributed by atoms with van der Waals surface area (Å²) in [5, 5.41) is 2.21. The zero-order valence-corrected chi connectivity index (χ0v) is 20.8. The Morgan fingerprint density at radius 1 is 0.938 bits per heavy atom. The van der Waals surface area contributed by atoms with E-state index >= 15 is 0 Å². The number of benzene rings is 2. The first-order valence-electron chi connectivity index (χ1n) is 9.08. The number of sulfonamides is 1. The highest BCUT2D eigenvalue weighted by Crippen LogP contribution is 2.35. The molecule has 5 nitrogen and oxygen atoms in total. The summed E-state index contributed by atoms with van der Waals surface area (Å²) in [6, 6.07) is 3.97. The predicted molar refractivity (Wildman–Crippen MR) is 120 cm³/mol. The summed E-state index contributed by atoms with van der Waals surface area (Å²) in [7, 11) is -4.31. The summed E-state index contributed by atoms with van der Waals surface area (Å²) in [5.74, 6) is -3.40. The molecule has 0 N–H and O–H groups in total. The summed E-state index contributed by atoms with van der Waals surface area (Å²) in [5.41, 5.74) is 0.692. The van der Waals surface area contributed by atoms with Crippen molar-refractivity contribution >= 4 is 58.4 Å². The van der Waals surface area contributed by atoms with Crippen LogP contribution in [0.4, 0.5) is 22.7 Å². The van der Waals surface area contributed by atoms with E-state index in [1.165, 1.54) is 23.5 Å². The molecule has 0 radical (unpaired) electrons. The maximum Gasteiger partial charge on any atom is 0.247 e. The van der Waals surface area contributed by atoms with Gasteiger partial charge in [0.25, 0.3) is 0 Å². The molecule has 2 heterocycles. The highest BCUT2D eigenvalue weighted by atomic mass is 79.9. The molecule has 4 rings (SSSR count). The van der Waals surface area contributed by atoms with Crippen molar-refractivity contribution in [2.75, 3.05) is 31.1 Å². The Balaban J connectivity index is 1.52. The fourth-order valence-electron chi connectivity index (χ4n) is 3.27. The van der Waals surface area contributed by atoms with Gasteiger partial charge in [0.05, 0.1) is 14.6 Å². The maximum atomic E-state index is 14.5. The SMILES string of the molecule is O=S(=O)(c1c(F)c(Br)cc(F)c1Br)N1CCN(c2nc(-c3cc(F)cc(F)c3)cs2)CC1. The van der Waals surface area contributed by atoms with Crippen molar-refractivity contribution in [2.45, 2.75) is 4.90 Å². The van der Waals surface area contributed by atoms with Gasteiger partial charge in [-0.25, -0.2) is 31.0 Å². The Hall–Kier alpha value is -1.54. The van der Waals surface area contributed by atoms with Crippen molar-refractivity contribution in [3.05, 3.63) is 61.9 Å². The van der Waals surface area contributed by atoms with Crippen molar-refractivity contribution in [1.82, 2.24) is 9.29 Å². The van der Waals surface area contributed by atoms with E-state index in [1.54, 1.807) is 5.38 Å². The van der Waals surface area contributed by atoms with Crippen molar-refractivity contribution in [2.24, 2.45) is 0 Å². The van der Waals surface area contributed by atoms with Crippen molar-refractivity contribution < 1.29 is 26.0 Å². The third-order valence-electron chi connectivity index (χ3n) is 4.83. The van der Waals surface area contributed by atoms with Crippen molar-refractivity contribution in [3.8, 4) is 11.3 Å². The Bertz CT molecular complexity index is 1250. The van der Waals surface area contributed by atoms with Gasteiger partial charge in [-0.2, -0.15) is 4.31 Å². The van der Waals surface area contributed by atoms with Crippen LogP contribution in [-0.4, -0.2) is 43.9 Å². The Kier molecular flexibility index (Phi) is 6.65. The molecule has 0 atom stereocenters. The Morgan fingerprint density at radius 2 is 1.56 bits per heavy atom. The molecule has 0 unspecified atom stereocenters. The number of hydrogen-bond acceptors (Lipinski definition) is 5. The quantitative estimate of drug-likeness (QED) is 0.292. The first kappa shape index (κ1) is 23.6. The van der Waals surface area contributed by atoms with Gasteiger partial charge in [0, 0.05) is 43.2 Å². The van der Waals surface area contributed by atoms with Gasteiger partial charge in [-0.1, -0.05) is 0 Å². The minimum Gasteiger partial charge on any atom is -0.345 e. The van der Waals surface area contributed by atoms with Crippen LogP contribution in [0.5, 0.6) is 0 Å². The van der Waals surface area contributed by atoms with Crippen LogP contribution in [0.25, 0.3) is 11.3 Å². The number of anilines is 1. The molecule has 3 aromatic rings. The van der Waals surface area contributed by atoms with Gasteiger partial charge in [0.15, 0.2) is 10.9 Å². The third-order valence-corrected chi connectivity index (χ3v) is 9.29. The molecule has 170 valence electrons. The maximum absolute atomic E-state index is 14.5. The molecule has 1 saturated heterocycles. The smallest absolute Gasteiger partial charge is 0.247 e. The van der Waals surface area contributed by atoms with Crippen LogP contribution in [0, 0.1) is 23.3 Å². The van der Waals surface area contributed by atoms with E-state index in [2.05, 4.69) is 36.8 Å². The molecule has 0 aliphatic carbocycles. The van der Waals surface area contributed by atoms with E-state index in [4.69, 9.17) is 0 Å². The average Bonchev–Trinajstić information content (AvgIpc) is 3.22. The number of thiazole rings is 1. The van der Waals surface area contributed by atoms with Crippen LogP contribution in [-0.2, 0) is 10.0 Å². The molecule has 13 heteroatoms. The van der Waals surface area contributed by atoms with E-state index in [9.17, 15) is 26.0 Å². The van der Waals surface area contributed by atoms with Crippen LogP contribution in [0.3, 0.4) is 0 Å². The summed E-state index contributed by atoms with van der Waals surface area (Å²) in [4.78, 5) is 5.46. The molecular weight excluding hydrogens is 602 g/mol. The minimum atomic E-state index is -4.31. The molecular formula is C19H13Br2F4N3O2S2. The van der Waals surface area contributed by atoms with E-state index in [0.717, 1.165) is 16.4 Å². The second-order valence-electron chi connectivity index (χ2n) is 6.86. The molecule has 0 bridgehead atoms. The highest BCUT2D eigenvalue weighted by molar-refractivity contribution is 9.11. The number of nitrogens with zero attached hydrogens (tertiary/aromatic N) is 3. The highest BCUT2D eigenvalue weighted by Gasteiger charge is 2.35. The molecule has 1 aliphatic rings. The van der Waals surface area contributed by atoms with E-state index in [-0.39, 0.29) is 30.7 Å². The number of halogens is 6. The predicted octanol–water partition coefficient (Wildman–Crippen LogP) is 5.40. The summed E-state index contributed by atoms with van der Waals surface area (Å²) < 4.78 is 81.8. The minimum absolute atomic E-state index is 0.0197. The topological polar surface area (TPSA) is 53.5 Å². The standard InChI is InChI=1S/C19H13Br2F4N3O2S2/c20-13-8-14(24)16(21)18(17(13)25)32(29,30)28-3-1-27(2-4-28)19-26-15(9-31-19)10-5-11(22)7-12(23)6-10/h5-9H,1-4H2. The summed E-state index contributed by atoms with van der Waals surface area (Å²) in [6.07, 6.45) is 0. The van der Waals surface area contributed by atoms with Crippen LogP contribution in [0.2, 0.25) is 0 Å². The lowest BCUT2D eigenvalue weighted by Gasteiger charge is -2.34. The second kappa shape index (κ2) is 9.01. The van der Waals surface area contributed by atoms with Crippen LogP contribution < -0.4 is 4.90 Å². The van der Waals surface area contributed by atoms with Crippen LogP contribution in [0.1, 0.15) is 0 Å². The number of piperazine rings is 1. The van der Waals surface area contributed by atoms with E-state index in [0.29, 0.717) is 16.4 Å². The van der Waals surface area contributed by atoms with E-state index in [1.807, 2.05) is 4.90 Å². The monoisotopic (exact) mass is 613 g/mol. The summed E-state index contributed by atoms with van der Waals surface area (Å²) in [6.45, 7) is 0.538. The van der Waals surface area contributed by atoms with Crippen molar-refractivity contribution in [3.63, 3.8) is 0 Å². The average molecular weight is 615 g/mol. The normalized spacial score (nSPS) is 15.4. The molecule has 2 aromatic carbocycles. The molecule has 1 fully saturated rings.